The predicted molar refractivity (Wildman–Crippen MR) is 63.0 cm³/mol. The zero-order chi connectivity index (χ0) is 11.9. The van der Waals surface area contributed by atoms with E-state index in [0.717, 1.165) is 10.9 Å². The Morgan fingerprint density at radius 3 is 2.62 bits per heavy atom. The quantitative estimate of drug-likeness (QED) is 0.749. The first-order chi connectivity index (χ1) is 7.50. The van der Waals surface area contributed by atoms with Gasteiger partial charge in [0.25, 0.3) is 0 Å². The normalized spacial score (nSPS) is 11.2. The Hall–Kier alpha value is -1.77. The van der Waals surface area contributed by atoms with Crippen molar-refractivity contribution in [3.63, 3.8) is 0 Å². The maximum absolute atomic E-state index is 11.8. The van der Waals surface area contributed by atoms with Gasteiger partial charge in [-0.15, -0.1) is 0 Å². The van der Waals surface area contributed by atoms with Crippen molar-refractivity contribution in [2.24, 2.45) is 0 Å². The van der Waals surface area contributed by atoms with E-state index >= 15 is 0 Å². The second kappa shape index (κ2) is 3.67. The van der Waals surface area contributed by atoms with Crippen molar-refractivity contribution in [2.75, 3.05) is 0 Å². The number of hydrogen-bond donors (Lipinski definition) is 1. The summed E-state index contributed by atoms with van der Waals surface area (Å²) in [6, 6.07) is 4.84. The van der Waals surface area contributed by atoms with Crippen LogP contribution in [0, 0.1) is 6.92 Å². The van der Waals surface area contributed by atoms with E-state index in [2.05, 4.69) is 0 Å². The largest absolute Gasteiger partial charge is 0.508 e. The van der Waals surface area contributed by atoms with Crippen molar-refractivity contribution in [1.82, 2.24) is 0 Å². The van der Waals surface area contributed by atoms with Gasteiger partial charge < -0.3 is 9.52 Å². The minimum absolute atomic E-state index is 0.104. The van der Waals surface area contributed by atoms with Gasteiger partial charge >= 0.3 is 5.63 Å². The van der Waals surface area contributed by atoms with Gasteiger partial charge in [0, 0.05) is 17.0 Å². The second-order valence-electron chi connectivity index (χ2n) is 4.26. The van der Waals surface area contributed by atoms with E-state index in [9.17, 15) is 9.90 Å². The molecule has 0 aliphatic rings. The van der Waals surface area contributed by atoms with E-state index in [1.807, 2.05) is 20.8 Å². The molecule has 84 valence electrons. The van der Waals surface area contributed by atoms with E-state index in [1.54, 1.807) is 12.1 Å². The lowest BCUT2D eigenvalue weighted by atomic mass is 9.97. The molecule has 0 unspecified atom stereocenters. The zero-order valence-electron chi connectivity index (χ0n) is 9.57. The van der Waals surface area contributed by atoms with Crippen LogP contribution in [0.4, 0.5) is 0 Å². The Bertz CT molecular complexity index is 594. The molecule has 0 aliphatic carbocycles. The molecule has 2 aromatic rings. The highest BCUT2D eigenvalue weighted by Gasteiger charge is 2.14. The smallest absolute Gasteiger partial charge is 0.339 e. The summed E-state index contributed by atoms with van der Waals surface area (Å²) >= 11 is 0. The summed E-state index contributed by atoms with van der Waals surface area (Å²) in [4.78, 5) is 11.8. The Labute approximate surface area is 93.3 Å². The number of rotatable bonds is 1. The molecule has 1 aromatic heterocycles. The molecule has 0 amide bonds. The monoisotopic (exact) mass is 218 g/mol. The fraction of sp³-hybridized carbons (Fsp3) is 0.308. The maximum Gasteiger partial charge on any atom is 0.339 e. The lowest BCUT2D eigenvalue weighted by Gasteiger charge is -2.10. The highest BCUT2D eigenvalue weighted by Crippen LogP contribution is 2.26. The van der Waals surface area contributed by atoms with Crippen molar-refractivity contribution >= 4 is 11.0 Å². The fourth-order valence-electron chi connectivity index (χ4n) is 2.03. The van der Waals surface area contributed by atoms with Crippen molar-refractivity contribution in [2.45, 2.75) is 26.7 Å². The third kappa shape index (κ3) is 1.58. The highest BCUT2D eigenvalue weighted by atomic mass is 16.4. The topological polar surface area (TPSA) is 50.4 Å². The molecule has 1 aromatic carbocycles. The molecule has 0 atom stereocenters. The van der Waals surface area contributed by atoms with Crippen molar-refractivity contribution < 1.29 is 9.52 Å². The summed E-state index contributed by atoms with van der Waals surface area (Å²) < 4.78 is 5.20. The van der Waals surface area contributed by atoms with Gasteiger partial charge in [-0.2, -0.15) is 0 Å². The van der Waals surface area contributed by atoms with Crippen LogP contribution in [0.15, 0.2) is 27.4 Å². The van der Waals surface area contributed by atoms with E-state index < -0.39 is 0 Å². The number of aryl methyl sites for hydroxylation is 1. The van der Waals surface area contributed by atoms with Crippen molar-refractivity contribution in [1.29, 1.82) is 0 Å². The zero-order valence-corrected chi connectivity index (χ0v) is 9.57. The number of phenolic OH excluding ortho intramolecular Hbond substituents is 1. The summed E-state index contributed by atoms with van der Waals surface area (Å²) in [6.07, 6.45) is 0. The van der Waals surface area contributed by atoms with E-state index in [0.29, 0.717) is 11.1 Å². The number of phenols is 1. The first-order valence-electron chi connectivity index (χ1n) is 5.27. The first kappa shape index (κ1) is 10.7. The van der Waals surface area contributed by atoms with Gasteiger partial charge in [-0.3, -0.25) is 0 Å². The summed E-state index contributed by atoms with van der Waals surface area (Å²) in [5.41, 5.74) is 1.76. The summed E-state index contributed by atoms with van der Waals surface area (Å²) in [7, 11) is 0. The Balaban J connectivity index is 2.89. The third-order valence-electron chi connectivity index (χ3n) is 2.77. The maximum atomic E-state index is 11.8. The van der Waals surface area contributed by atoms with Crippen LogP contribution in [0.25, 0.3) is 11.0 Å². The second-order valence-corrected chi connectivity index (χ2v) is 4.26. The van der Waals surface area contributed by atoms with Crippen LogP contribution in [-0.4, -0.2) is 5.11 Å². The van der Waals surface area contributed by atoms with Gasteiger partial charge in [-0.1, -0.05) is 13.8 Å². The Morgan fingerprint density at radius 2 is 2.00 bits per heavy atom. The summed E-state index contributed by atoms with van der Waals surface area (Å²) in [5.74, 6) is 0.238. The van der Waals surface area contributed by atoms with Gasteiger partial charge in [-0.05, 0) is 30.5 Å². The van der Waals surface area contributed by atoms with Crippen LogP contribution < -0.4 is 5.63 Å². The lowest BCUT2D eigenvalue weighted by Crippen LogP contribution is -2.11. The van der Waals surface area contributed by atoms with E-state index in [-0.39, 0.29) is 17.3 Å². The number of aromatic hydroxyl groups is 1. The molecule has 1 N–H and O–H groups in total. The van der Waals surface area contributed by atoms with Gasteiger partial charge in [0.05, 0.1) is 0 Å². The average Bonchev–Trinajstić information content (AvgIpc) is 2.15. The van der Waals surface area contributed by atoms with Crippen LogP contribution in [0.2, 0.25) is 0 Å². The Morgan fingerprint density at radius 1 is 1.31 bits per heavy atom. The van der Waals surface area contributed by atoms with Gasteiger partial charge in [-0.25, -0.2) is 4.79 Å². The number of fused-ring (bicyclic) bond motifs is 1. The van der Waals surface area contributed by atoms with Crippen molar-refractivity contribution in [3.05, 3.63) is 39.7 Å². The third-order valence-corrected chi connectivity index (χ3v) is 2.77. The number of hydrogen-bond acceptors (Lipinski definition) is 3. The molecule has 0 aliphatic heterocycles. The lowest BCUT2D eigenvalue weighted by molar-refractivity contribution is 0.472. The molecule has 3 heteroatoms. The van der Waals surface area contributed by atoms with Gasteiger partial charge in [0.2, 0.25) is 0 Å². The molecule has 0 spiro atoms. The molecule has 3 nitrogen and oxygen atoms in total. The minimum atomic E-state index is -0.314. The minimum Gasteiger partial charge on any atom is -0.508 e. The van der Waals surface area contributed by atoms with E-state index in [1.165, 1.54) is 6.07 Å². The van der Waals surface area contributed by atoms with Crippen LogP contribution >= 0.6 is 0 Å². The standard InChI is InChI=1S/C13H14O3/c1-7(2)12-8(3)10-5-4-9(14)6-11(10)16-13(12)15/h4-7,14H,1-3H3. The van der Waals surface area contributed by atoms with Gasteiger partial charge in [0.15, 0.2) is 0 Å². The molecule has 0 saturated heterocycles. The molecule has 0 radical (unpaired) electrons. The molecule has 1 heterocycles. The van der Waals surface area contributed by atoms with Crippen molar-refractivity contribution in [3.8, 4) is 5.75 Å². The molecule has 0 fully saturated rings. The highest BCUT2D eigenvalue weighted by molar-refractivity contribution is 5.82. The molecule has 2 rings (SSSR count). The molecule has 0 saturated carbocycles. The molecule has 0 bridgehead atoms. The van der Waals surface area contributed by atoms with Crippen LogP contribution in [0.5, 0.6) is 5.75 Å². The molecular formula is C13H14O3. The average molecular weight is 218 g/mol. The van der Waals surface area contributed by atoms with Crippen LogP contribution in [0.3, 0.4) is 0 Å². The first-order valence-corrected chi connectivity index (χ1v) is 5.27. The van der Waals surface area contributed by atoms with E-state index in [4.69, 9.17) is 4.42 Å². The van der Waals surface area contributed by atoms with Gasteiger partial charge in [0.1, 0.15) is 11.3 Å². The van der Waals surface area contributed by atoms with Crippen LogP contribution in [0.1, 0.15) is 30.9 Å². The summed E-state index contributed by atoms with van der Waals surface area (Å²) in [6.45, 7) is 5.84. The van der Waals surface area contributed by atoms with Crippen LogP contribution in [-0.2, 0) is 0 Å². The Kier molecular flexibility index (Phi) is 2.46. The SMILES string of the molecule is Cc1c(C(C)C)c(=O)oc2cc(O)ccc12. The summed E-state index contributed by atoms with van der Waals surface area (Å²) in [5, 5.41) is 10.2. The molecule has 16 heavy (non-hydrogen) atoms. The molecular weight excluding hydrogens is 204 g/mol. The fourth-order valence-corrected chi connectivity index (χ4v) is 2.03. The number of benzene rings is 1. The predicted octanol–water partition coefficient (Wildman–Crippen LogP) is 2.93.